The van der Waals surface area contributed by atoms with Crippen LogP contribution in [0, 0.1) is 5.41 Å². The van der Waals surface area contributed by atoms with Crippen LogP contribution in [0.4, 0.5) is 0 Å². The van der Waals surface area contributed by atoms with Gasteiger partial charge in [0.1, 0.15) is 0 Å². The maximum absolute atomic E-state index is 3.83. The van der Waals surface area contributed by atoms with Crippen LogP contribution in [0.1, 0.15) is 45.6 Å². The largest absolute Gasteiger partial charge is 0.122 e. The molecule has 0 saturated carbocycles. The molecule has 2 atom stereocenters. The van der Waals surface area contributed by atoms with E-state index in [9.17, 15) is 0 Å². The highest BCUT2D eigenvalue weighted by atomic mass is 79.9. The molecule has 0 aromatic heterocycles. The molecule has 2 heteroatoms. The van der Waals surface area contributed by atoms with Crippen molar-refractivity contribution in [2.24, 2.45) is 5.41 Å². The van der Waals surface area contributed by atoms with Crippen molar-refractivity contribution < 1.29 is 0 Å². The standard InChI is InChI=1S/C16H23BrS/c1-16(2,3)15(17)10-6-8-13-11-12-7-4-5-9-14(12)18-13/h4-5,7,9,13,15H,6,8,10-11H2,1-3H3. The highest BCUT2D eigenvalue weighted by Crippen LogP contribution is 2.39. The lowest BCUT2D eigenvalue weighted by Crippen LogP contribution is -2.20. The molecule has 100 valence electrons. The number of rotatable bonds is 4. The number of fused-ring (bicyclic) bond motifs is 1. The summed E-state index contributed by atoms with van der Waals surface area (Å²) in [5, 5.41) is 0.807. The number of alkyl halides is 1. The van der Waals surface area contributed by atoms with Gasteiger partial charge in [-0.1, -0.05) is 61.3 Å². The van der Waals surface area contributed by atoms with E-state index in [-0.39, 0.29) is 0 Å². The van der Waals surface area contributed by atoms with Gasteiger partial charge in [-0.05, 0) is 36.3 Å². The summed E-state index contributed by atoms with van der Waals surface area (Å²) in [5.74, 6) is 0. The molecule has 1 aromatic carbocycles. The second kappa shape index (κ2) is 6.00. The van der Waals surface area contributed by atoms with Crippen LogP contribution < -0.4 is 0 Å². The molecular formula is C16H23BrS. The summed E-state index contributed by atoms with van der Waals surface area (Å²) in [6.45, 7) is 6.94. The van der Waals surface area contributed by atoms with Gasteiger partial charge in [-0.3, -0.25) is 0 Å². The number of hydrogen-bond donors (Lipinski definition) is 0. The van der Waals surface area contributed by atoms with Crippen molar-refractivity contribution in [3.63, 3.8) is 0 Å². The average Bonchev–Trinajstić information content (AvgIpc) is 2.70. The monoisotopic (exact) mass is 326 g/mol. The van der Waals surface area contributed by atoms with Gasteiger partial charge in [-0.25, -0.2) is 0 Å². The van der Waals surface area contributed by atoms with Crippen molar-refractivity contribution in [3.05, 3.63) is 29.8 Å². The fraction of sp³-hybridized carbons (Fsp3) is 0.625. The van der Waals surface area contributed by atoms with E-state index in [0.717, 1.165) is 5.25 Å². The second-order valence-corrected chi connectivity index (χ2v) is 8.76. The van der Waals surface area contributed by atoms with Crippen molar-refractivity contribution in [1.82, 2.24) is 0 Å². The predicted octanol–water partition coefficient (Wildman–Crippen LogP) is 5.68. The van der Waals surface area contributed by atoms with E-state index in [1.807, 2.05) is 0 Å². The van der Waals surface area contributed by atoms with Crippen LogP contribution in [0.25, 0.3) is 0 Å². The lowest BCUT2D eigenvalue weighted by atomic mass is 9.89. The topological polar surface area (TPSA) is 0 Å². The number of thioether (sulfide) groups is 1. The molecule has 2 rings (SSSR count). The van der Waals surface area contributed by atoms with Crippen LogP contribution in [0.5, 0.6) is 0 Å². The van der Waals surface area contributed by atoms with Gasteiger partial charge in [0, 0.05) is 15.0 Å². The van der Waals surface area contributed by atoms with E-state index < -0.39 is 0 Å². The van der Waals surface area contributed by atoms with Gasteiger partial charge in [0.15, 0.2) is 0 Å². The molecule has 1 aromatic rings. The lowest BCUT2D eigenvalue weighted by Gasteiger charge is -2.25. The molecule has 0 aliphatic carbocycles. The Labute approximate surface area is 124 Å². The normalized spacial score (nSPS) is 20.8. The van der Waals surface area contributed by atoms with Gasteiger partial charge in [-0.2, -0.15) is 0 Å². The Hall–Kier alpha value is 0.0500. The molecular weight excluding hydrogens is 304 g/mol. The Bertz CT molecular complexity index is 369. The third kappa shape index (κ3) is 3.77. The Morgan fingerprint density at radius 3 is 2.72 bits per heavy atom. The Balaban J connectivity index is 1.74. The van der Waals surface area contributed by atoms with E-state index in [1.54, 1.807) is 5.56 Å². The highest BCUT2D eigenvalue weighted by Gasteiger charge is 2.24. The first-order chi connectivity index (χ1) is 8.47. The van der Waals surface area contributed by atoms with E-state index in [1.165, 1.54) is 30.6 Å². The summed E-state index contributed by atoms with van der Waals surface area (Å²) < 4.78 is 0. The van der Waals surface area contributed by atoms with Crippen molar-refractivity contribution in [2.75, 3.05) is 0 Å². The molecule has 0 saturated heterocycles. The summed E-state index contributed by atoms with van der Waals surface area (Å²) in [7, 11) is 0. The second-order valence-electron chi connectivity index (χ2n) is 6.32. The van der Waals surface area contributed by atoms with Crippen molar-refractivity contribution in [2.45, 2.75) is 61.4 Å². The zero-order valence-electron chi connectivity index (χ0n) is 11.6. The number of benzene rings is 1. The lowest BCUT2D eigenvalue weighted by molar-refractivity contribution is 0.377. The van der Waals surface area contributed by atoms with Gasteiger partial charge in [-0.15, -0.1) is 11.8 Å². The molecule has 1 aliphatic heterocycles. The molecule has 0 radical (unpaired) electrons. The minimum atomic E-state index is 0.381. The Morgan fingerprint density at radius 1 is 1.33 bits per heavy atom. The molecule has 0 amide bonds. The molecule has 0 bridgehead atoms. The first-order valence-corrected chi connectivity index (χ1v) is 8.65. The van der Waals surface area contributed by atoms with Crippen molar-refractivity contribution >= 4 is 27.7 Å². The minimum absolute atomic E-state index is 0.381. The summed E-state index contributed by atoms with van der Waals surface area (Å²) in [5.41, 5.74) is 1.94. The van der Waals surface area contributed by atoms with Crippen LogP contribution in [0.2, 0.25) is 0 Å². The van der Waals surface area contributed by atoms with Gasteiger partial charge in [0.2, 0.25) is 0 Å². The van der Waals surface area contributed by atoms with Gasteiger partial charge in [0.05, 0.1) is 0 Å². The summed E-state index contributed by atoms with van der Waals surface area (Å²) >= 11 is 5.91. The van der Waals surface area contributed by atoms with Crippen LogP contribution in [0.3, 0.4) is 0 Å². The molecule has 0 spiro atoms. The quantitative estimate of drug-likeness (QED) is 0.641. The molecule has 1 heterocycles. The molecule has 1 aliphatic rings. The van der Waals surface area contributed by atoms with Crippen LogP contribution in [0.15, 0.2) is 29.2 Å². The fourth-order valence-corrected chi connectivity index (χ4v) is 4.06. The van der Waals surface area contributed by atoms with Gasteiger partial charge >= 0.3 is 0 Å². The molecule has 18 heavy (non-hydrogen) atoms. The van der Waals surface area contributed by atoms with Crippen LogP contribution in [-0.4, -0.2) is 10.1 Å². The summed E-state index contributed by atoms with van der Waals surface area (Å²) in [6, 6.07) is 8.87. The SMILES string of the molecule is CC(C)(C)C(Br)CCCC1Cc2ccccc2S1. The predicted molar refractivity (Wildman–Crippen MR) is 85.8 cm³/mol. The van der Waals surface area contributed by atoms with Crippen LogP contribution >= 0.6 is 27.7 Å². The van der Waals surface area contributed by atoms with Crippen LogP contribution in [-0.2, 0) is 6.42 Å². The van der Waals surface area contributed by atoms with E-state index in [4.69, 9.17) is 0 Å². The molecule has 2 unspecified atom stereocenters. The van der Waals surface area contributed by atoms with Crippen molar-refractivity contribution in [3.8, 4) is 0 Å². The number of hydrogen-bond acceptors (Lipinski definition) is 1. The zero-order chi connectivity index (χ0) is 13.2. The van der Waals surface area contributed by atoms with Gasteiger partial charge in [0.25, 0.3) is 0 Å². The van der Waals surface area contributed by atoms with E-state index in [0.29, 0.717) is 10.2 Å². The average molecular weight is 327 g/mol. The molecule has 0 nitrogen and oxygen atoms in total. The summed E-state index contributed by atoms with van der Waals surface area (Å²) in [4.78, 5) is 2.15. The van der Waals surface area contributed by atoms with Gasteiger partial charge < -0.3 is 0 Å². The maximum Gasteiger partial charge on any atom is 0.0194 e. The van der Waals surface area contributed by atoms with E-state index in [2.05, 4.69) is 72.7 Å². The minimum Gasteiger partial charge on any atom is -0.122 e. The first kappa shape index (κ1) is 14.5. The molecule has 0 N–H and O–H groups in total. The maximum atomic E-state index is 3.83. The smallest absolute Gasteiger partial charge is 0.0194 e. The third-order valence-electron chi connectivity index (χ3n) is 3.64. The zero-order valence-corrected chi connectivity index (χ0v) is 14.0. The first-order valence-electron chi connectivity index (χ1n) is 6.85. The molecule has 0 fully saturated rings. The van der Waals surface area contributed by atoms with Crippen molar-refractivity contribution in [1.29, 1.82) is 0 Å². The third-order valence-corrected chi connectivity index (χ3v) is 6.86. The Kier molecular flexibility index (Phi) is 4.82. The summed E-state index contributed by atoms with van der Waals surface area (Å²) in [6.07, 6.45) is 5.23. The highest BCUT2D eigenvalue weighted by molar-refractivity contribution is 9.09. The fourth-order valence-electron chi connectivity index (χ4n) is 2.37. The Morgan fingerprint density at radius 2 is 2.06 bits per heavy atom. The van der Waals surface area contributed by atoms with E-state index >= 15 is 0 Å². The number of halogens is 1.